The number of imide groups is 1. The van der Waals surface area contributed by atoms with Crippen LogP contribution in [0.5, 0.6) is 0 Å². The fraction of sp³-hybridized carbons (Fsp3) is 0.476. The number of rotatable bonds is 4. The molecule has 7 heteroatoms. The van der Waals surface area contributed by atoms with Gasteiger partial charge in [-0.1, -0.05) is 31.5 Å². The predicted octanol–water partition coefficient (Wildman–Crippen LogP) is 2.98. The third kappa shape index (κ3) is 2.77. The van der Waals surface area contributed by atoms with E-state index in [2.05, 4.69) is 32.9 Å². The van der Waals surface area contributed by atoms with Crippen molar-refractivity contribution in [3.63, 3.8) is 0 Å². The summed E-state index contributed by atoms with van der Waals surface area (Å²) < 4.78 is 0. The van der Waals surface area contributed by atoms with Gasteiger partial charge in [-0.05, 0) is 38.3 Å². The lowest BCUT2D eigenvalue weighted by molar-refractivity contribution is -0.136. The summed E-state index contributed by atoms with van der Waals surface area (Å²) in [7, 11) is 1.73. The molecule has 0 N–H and O–H groups in total. The molecule has 3 amide bonds. The molecule has 1 aromatic rings. The molecule has 3 heterocycles. The zero-order valence-corrected chi connectivity index (χ0v) is 17.1. The van der Waals surface area contributed by atoms with E-state index in [4.69, 9.17) is 4.99 Å². The van der Waals surface area contributed by atoms with E-state index in [9.17, 15) is 9.59 Å². The molecule has 0 saturated carbocycles. The number of allylic oxidation sites excluding steroid dienone is 1. The number of benzene rings is 1. The Kier molecular flexibility index (Phi) is 4.40. The number of carbonyl (C=O) groups excluding carboxylic acids is 2. The largest absolute Gasteiger partial charge is 0.328 e. The number of guanidine groups is 1. The van der Waals surface area contributed by atoms with E-state index in [0.29, 0.717) is 18.4 Å². The minimum Gasteiger partial charge on any atom is -0.302 e. The Balaban J connectivity index is 1.66. The highest BCUT2D eigenvalue weighted by Gasteiger charge is 2.54. The highest BCUT2D eigenvalue weighted by atomic mass is 16.2. The first-order valence-corrected chi connectivity index (χ1v) is 9.79. The molecule has 2 unspecified atom stereocenters. The molecule has 0 spiro atoms. The van der Waals surface area contributed by atoms with Crippen molar-refractivity contribution in [2.45, 2.75) is 46.3 Å². The SMILES string of the molecule is CC1=CN2C(=NC3C2C(=O)N(CCC(C)C)C(=O)N3C)N1c1ccc(C)cc1. The van der Waals surface area contributed by atoms with Crippen LogP contribution >= 0.6 is 0 Å². The zero-order valence-electron chi connectivity index (χ0n) is 17.1. The van der Waals surface area contributed by atoms with Gasteiger partial charge < -0.3 is 9.80 Å². The van der Waals surface area contributed by atoms with E-state index >= 15 is 0 Å². The molecule has 1 fully saturated rings. The number of anilines is 1. The highest BCUT2D eigenvalue weighted by Crippen LogP contribution is 2.36. The number of nitrogens with zero attached hydrogens (tertiary/aromatic N) is 5. The Hall–Kier alpha value is -2.83. The van der Waals surface area contributed by atoms with Crippen LogP contribution in [0.1, 0.15) is 32.8 Å². The molecule has 0 aliphatic carbocycles. The van der Waals surface area contributed by atoms with Gasteiger partial charge in [-0.2, -0.15) is 0 Å². The maximum Gasteiger partial charge on any atom is 0.328 e. The molecular formula is C21H27N5O2. The number of likely N-dealkylation sites (N-methyl/N-ethyl adjacent to an activating group) is 1. The van der Waals surface area contributed by atoms with E-state index in [1.165, 1.54) is 10.5 Å². The maximum atomic E-state index is 13.2. The fourth-order valence-electron chi connectivity index (χ4n) is 3.96. The number of hydrogen-bond acceptors (Lipinski definition) is 5. The lowest BCUT2D eigenvalue weighted by Gasteiger charge is -2.40. The van der Waals surface area contributed by atoms with Crippen molar-refractivity contribution in [1.29, 1.82) is 0 Å². The standard InChI is InChI=1S/C21H27N5O2/c1-13(2)10-11-24-19(27)17-18(23(5)21(24)28)22-20-25(17)12-15(4)26(20)16-8-6-14(3)7-9-16/h6-9,12-13,17-18H,10-11H2,1-5H3. The number of amides is 3. The van der Waals surface area contributed by atoms with E-state index in [0.717, 1.165) is 17.8 Å². The normalized spacial score (nSPS) is 24.1. The Morgan fingerprint density at radius 3 is 2.43 bits per heavy atom. The molecule has 3 aliphatic heterocycles. The molecule has 4 rings (SSSR count). The summed E-state index contributed by atoms with van der Waals surface area (Å²) in [6, 6.07) is 7.44. The molecule has 1 saturated heterocycles. The second-order valence-corrected chi connectivity index (χ2v) is 8.20. The number of fused-ring (bicyclic) bond motifs is 3. The van der Waals surface area contributed by atoms with Crippen LogP contribution in [0, 0.1) is 12.8 Å². The van der Waals surface area contributed by atoms with Crippen molar-refractivity contribution in [1.82, 2.24) is 14.7 Å². The first-order valence-electron chi connectivity index (χ1n) is 9.79. The zero-order chi connectivity index (χ0) is 20.2. The highest BCUT2D eigenvalue weighted by molar-refractivity contribution is 6.09. The summed E-state index contributed by atoms with van der Waals surface area (Å²) in [5.41, 5.74) is 3.18. The van der Waals surface area contributed by atoms with Gasteiger partial charge in [0.25, 0.3) is 5.91 Å². The number of carbonyl (C=O) groups is 2. The van der Waals surface area contributed by atoms with Gasteiger partial charge in [-0.3, -0.25) is 14.6 Å². The monoisotopic (exact) mass is 381 g/mol. The van der Waals surface area contributed by atoms with Gasteiger partial charge in [0.05, 0.1) is 0 Å². The fourth-order valence-corrected chi connectivity index (χ4v) is 3.96. The van der Waals surface area contributed by atoms with Gasteiger partial charge in [0, 0.05) is 31.2 Å². The van der Waals surface area contributed by atoms with Crippen molar-refractivity contribution >= 4 is 23.6 Å². The Morgan fingerprint density at radius 1 is 1.11 bits per heavy atom. The van der Waals surface area contributed by atoms with Crippen LogP contribution in [0.15, 0.2) is 41.2 Å². The van der Waals surface area contributed by atoms with Crippen LogP contribution in [-0.2, 0) is 4.79 Å². The summed E-state index contributed by atoms with van der Waals surface area (Å²) in [4.78, 5) is 37.7. The molecular weight excluding hydrogens is 354 g/mol. The van der Waals surface area contributed by atoms with E-state index < -0.39 is 12.2 Å². The van der Waals surface area contributed by atoms with Gasteiger partial charge >= 0.3 is 6.03 Å². The van der Waals surface area contributed by atoms with E-state index in [1.54, 1.807) is 11.9 Å². The molecule has 148 valence electrons. The van der Waals surface area contributed by atoms with Crippen LogP contribution in [0.3, 0.4) is 0 Å². The molecule has 0 aromatic heterocycles. The van der Waals surface area contributed by atoms with Crippen LogP contribution in [0.2, 0.25) is 0 Å². The first-order chi connectivity index (χ1) is 13.3. The quantitative estimate of drug-likeness (QED) is 0.805. The minimum atomic E-state index is -0.504. The van der Waals surface area contributed by atoms with Crippen LogP contribution in [0.4, 0.5) is 10.5 Å². The minimum absolute atomic E-state index is 0.165. The lowest BCUT2D eigenvalue weighted by Crippen LogP contribution is -2.64. The lowest BCUT2D eigenvalue weighted by atomic mass is 10.1. The maximum absolute atomic E-state index is 13.2. The second-order valence-electron chi connectivity index (χ2n) is 8.20. The average Bonchev–Trinajstić information content (AvgIpc) is 3.15. The van der Waals surface area contributed by atoms with Gasteiger partial charge in [0.2, 0.25) is 5.96 Å². The van der Waals surface area contributed by atoms with Gasteiger partial charge in [0.1, 0.15) is 0 Å². The van der Waals surface area contributed by atoms with Crippen molar-refractivity contribution < 1.29 is 9.59 Å². The predicted molar refractivity (Wildman–Crippen MR) is 109 cm³/mol. The molecule has 0 radical (unpaired) electrons. The molecule has 2 atom stereocenters. The van der Waals surface area contributed by atoms with Gasteiger partial charge in [-0.15, -0.1) is 0 Å². The molecule has 3 aliphatic rings. The number of hydrogen-bond donors (Lipinski definition) is 0. The summed E-state index contributed by atoms with van der Waals surface area (Å²) >= 11 is 0. The van der Waals surface area contributed by atoms with E-state index in [1.807, 2.05) is 35.1 Å². The Labute approximate surface area is 165 Å². The number of aryl methyl sites for hydroxylation is 1. The van der Waals surface area contributed by atoms with Crippen molar-refractivity contribution in [2.75, 3.05) is 18.5 Å². The first kappa shape index (κ1) is 18.5. The van der Waals surface area contributed by atoms with Crippen LogP contribution in [-0.4, -0.2) is 58.4 Å². The van der Waals surface area contributed by atoms with Crippen molar-refractivity contribution in [2.24, 2.45) is 10.9 Å². The molecule has 28 heavy (non-hydrogen) atoms. The van der Waals surface area contributed by atoms with E-state index in [-0.39, 0.29) is 11.9 Å². The topological polar surface area (TPSA) is 59.5 Å². The third-order valence-electron chi connectivity index (χ3n) is 5.61. The van der Waals surface area contributed by atoms with Crippen LogP contribution < -0.4 is 4.90 Å². The van der Waals surface area contributed by atoms with Gasteiger partial charge in [-0.25, -0.2) is 9.79 Å². The Morgan fingerprint density at radius 2 is 1.79 bits per heavy atom. The van der Waals surface area contributed by atoms with Crippen LogP contribution in [0.25, 0.3) is 0 Å². The Bertz CT molecular complexity index is 873. The third-order valence-corrected chi connectivity index (χ3v) is 5.61. The smallest absolute Gasteiger partial charge is 0.302 e. The summed E-state index contributed by atoms with van der Waals surface area (Å²) in [5.74, 6) is 0.961. The van der Waals surface area contributed by atoms with Gasteiger partial charge in [0.15, 0.2) is 12.2 Å². The average molecular weight is 381 g/mol. The van der Waals surface area contributed by atoms with Crippen molar-refractivity contribution in [3.05, 3.63) is 41.7 Å². The second kappa shape index (κ2) is 6.65. The molecule has 0 bridgehead atoms. The summed E-state index contributed by atoms with van der Waals surface area (Å²) in [5, 5.41) is 0. The molecule has 1 aromatic carbocycles. The summed E-state index contributed by atoms with van der Waals surface area (Å²) in [6.07, 6.45) is 2.26. The van der Waals surface area contributed by atoms with Crippen molar-refractivity contribution in [3.8, 4) is 0 Å². The summed E-state index contributed by atoms with van der Waals surface area (Å²) in [6.45, 7) is 8.68. The number of aliphatic imine (C=N–C) groups is 1. The number of urea groups is 1. The molecule has 7 nitrogen and oxygen atoms in total.